The monoisotopic (exact) mass is 268 g/mol. The molecule has 6 nitrogen and oxygen atoms in total. The van der Waals surface area contributed by atoms with E-state index in [1.807, 2.05) is 0 Å². The minimum atomic E-state index is -1.02. The molecule has 0 spiro atoms. The smallest absolute Gasteiger partial charge is 0.328 e. The summed E-state index contributed by atoms with van der Waals surface area (Å²) < 4.78 is 20.9. The summed E-state index contributed by atoms with van der Waals surface area (Å²) in [6.45, 7) is 0.130. The first kappa shape index (κ1) is 14.7. The van der Waals surface area contributed by atoms with Crippen molar-refractivity contribution in [2.75, 3.05) is 27.9 Å². The Morgan fingerprint density at radius 1 is 1.16 bits per heavy atom. The molecule has 0 fully saturated rings. The molecule has 0 radical (unpaired) electrons. The Hall–Kier alpha value is -2.37. The molecule has 6 heteroatoms. The molecular formula is C13H16O6. The first-order valence-corrected chi connectivity index (χ1v) is 5.44. The van der Waals surface area contributed by atoms with E-state index in [9.17, 15) is 4.79 Å². The molecule has 0 aliphatic rings. The molecule has 0 atom stereocenters. The van der Waals surface area contributed by atoms with E-state index in [2.05, 4.69) is 0 Å². The van der Waals surface area contributed by atoms with Crippen molar-refractivity contribution in [3.8, 4) is 23.0 Å². The van der Waals surface area contributed by atoms with Crippen LogP contribution < -0.4 is 18.9 Å². The highest BCUT2D eigenvalue weighted by molar-refractivity contribution is 5.79. The molecule has 1 rings (SSSR count). The molecule has 0 unspecified atom stereocenters. The number of rotatable bonds is 7. The molecule has 0 saturated heterocycles. The van der Waals surface area contributed by atoms with Gasteiger partial charge in [0.05, 0.1) is 21.3 Å². The molecule has 0 aromatic heterocycles. The van der Waals surface area contributed by atoms with E-state index >= 15 is 0 Å². The van der Waals surface area contributed by atoms with Crippen LogP contribution in [-0.4, -0.2) is 39.0 Å². The number of ether oxygens (including phenoxy) is 4. The predicted molar refractivity (Wildman–Crippen MR) is 68.4 cm³/mol. The lowest BCUT2D eigenvalue weighted by Crippen LogP contribution is -1.99. The van der Waals surface area contributed by atoms with Gasteiger partial charge in [-0.05, 0) is 6.08 Å². The van der Waals surface area contributed by atoms with Gasteiger partial charge < -0.3 is 24.1 Å². The summed E-state index contributed by atoms with van der Waals surface area (Å²) in [6, 6.07) is 3.27. The van der Waals surface area contributed by atoms with Crippen molar-refractivity contribution in [3.05, 3.63) is 24.3 Å². The van der Waals surface area contributed by atoms with Gasteiger partial charge in [0.1, 0.15) is 12.4 Å². The normalized spacial score (nSPS) is 10.3. The van der Waals surface area contributed by atoms with Gasteiger partial charge in [0.15, 0.2) is 11.5 Å². The number of carboxylic acid groups (broad SMARTS) is 1. The van der Waals surface area contributed by atoms with E-state index in [0.29, 0.717) is 23.0 Å². The molecule has 0 saturated carbocycles. The molecular weight excluding hydrogens is 252 g/mol. The molecule has 1 N–H and O–H groups in total. The molecule has 1 aromatic carbocycles. The van der Waals surface area contributed by atoms with Crippen molar-refractivity contribution in [3.63, 3.8) is 0 Å². The lowest BCUT2D eigenvalue weighted by Gasteiger charge is -2.14. The largest absolute Gasteiger partial charge is 0.493 e. The maximum absolute atomic E-state index is 10.3. The Kier molecular flexibility index (Phi) is 5.53. The Bertz CT molecular complexity index is 441. The van der Waals surface area contributed by atoms with Gasteiger partial charge >= 0.3 is 5.97 Å². The van der Waals surface area contributed by atoms with Crippen LogP contribution in [0.15, 0.2) is 24.3 Å². The van der Waals surface area contributed by atoms with Gasteiger partial charge in [-0.2, -0.15) is 0 Å². The lowest BCUT2D eigenvalue weighted by molar-refractivity contribution is -0.131. The van der Waals surface area contributed by atoms with Gasteiger partial charge in [-0.15, -0.1) is 0 Å². The first-order chi connectivity index (χ1) is 9.12. The fraction of sp³-hybridized carbons (Fsp3) is 0.308. The van der Waals surface area contributed by atoms with Crippen molar-refractivity contribution < 1.29 is 28.8 Å². The van der Waals surface area contributed by atoms with E-state index in [-0.39, 0.29) is 6.61 Å². The van der Waals surface area contributed by atoms with Gasteiger partial charge in [0.2, 0.25) is 5.75 Å². The van der Waals surface area contributed by atoms with Crippen LogP contribution >= 0.6 is 0 Å². The molecule has 0 aliphatic carbocycles. The lowest BCUT2D eigenvalue weighted by atomic mass is 10.2. The van der Waals surface area contributed by atoms with Crippen molar-refractivity contribution >= 4 is 5.97 Å². The summed E-state index contributed by atoms with van der Waals surface area (Å²) in [6.07, 6.45) is 2.41. The van der Waals surface area contributed by atoms with Crippen LogP contribution in [0.4, 0.5) is 0 Å². The highest BCUT2D eigenvalue weighted by Crippen LogP contribution is 2.40. The minimum absolute atomic E-state index is 0.130. The van der Waals surface area contributed by atoms with Crippen LogP contribution in [0.3, 0.4) is 0 Å². The third kappa shape index (κ3) is 4.09. The molecule has 0 heterocycles. The number of hydrogen-bond acceptors (Lipinski definition) is 5. The van der Waals surface area contributed by atoms with Crippen LogP contribution in [0.2, 0.25) is 0 Å². The molecule has 19 heavy (non-hydrogen) atoms. The van der Waals surface area contributed by atoms with Crippen molar-refractivity contribution in [2.24, 2.45) is 0 Å². The van der Waals surface area contributed by atoms with Crippen LogP contribution in [0.25, 0.3) is 0 Å². The molecule has 0 aliphatic heterocycles. The Labute approximate surface area is 111 Å². The second kappa shape index (κ2) is 7.15. The fourth-order valence-corrected chi connectivity index (χ4v) is 1.43. The van der Waals surface area contributed by atoms with Crippen LogP contribution in [-0.2, 0) is 4.79 Å². The number of aliphatic carboxylic acids is 1. The van der Waals surface area contributed by atoms with Crippen molar-refractivity contribution in [1.82, 2.24) is 0 Å². The Balaban J connectivity index is 2.87. The third-order valence-electron chi connectivity index (χ3n) is 2.24. The maximum Gasteiger partial charge on any atom is 0.328 e. The van der Waals surface area contributed by atoms with Gasteiger partial charge in [-0.25, -0.2) is 4.79 Å². The van der Waals surface area contributed by atoms with E-state index < -0.39 is 5.97 Å². The van der Waals surface area contributed by atoms with E-state index in [4.69, 9.17) is 24.1 Å². The summed E-state index contributed by atoms with van der Waals surface area (Å²) in [5, 5.41) is 8.44. The van der Waals surface area contributed by atoms with E-state index in [1.165, 1.54) is 27.4 Å². The summed E-state index contributed by atoms with van der Waals surface area (Å²) in [5.74, 6) is 0.884. The second-order valence-electron chi connectivity index (χ2n) is 3.41. The average Bonchev–Trinajstić information content (AvgIpc) is 2.42. The molecule has 104 valence electrons. The standard InChI is InChI=1S/C13H16O6/c1-16-10-7-9(19-6-4-5-12(14)15)8-11(17-2)13(10)18-3/h4-5,7-8H,6H2,1-3H3,(H,14,15)/b5-4+. The Morgan fingerprint density at radius 2 is 1.74 bits per heavy atom. The highest BCUT2D eigenvalue weighted by atomic mass is 16.5. The minimum Gasteiger partial charge on any atom is -0.493 e. The zero-order valence-corrected chi connectivity index (χ0v) is 11.0. The van der Waals surface area contributed by atoms with Crippen LogP contribution in [0.1, 0.15) is 0 Å². The third-order valence-corrected chi connectivity index (χ3v) is 2.24. The summed E-state index contributed by atoms with van der Waals surface area (Å²) in [4.78, 5) is 10.3. The SMILES string of the molecule is COc1cc(OC/C=C/C(=O)O)cc(OC)c1OC. The number of carbonyl (C=O) groups is 1. The summed E-state index contributed by atoms with van der Waals surface area (Å²) >= 11 is 0. The average molecular weight is 268 g/mol. The first-order valence-electron chi connectivity index (χ1n) is 5.44. The van der Waals surface area contributed by atoms with E-state index in [0.717, 1.165) is 6.08 Å². The molecule has 0 amide bonds. The Morgan fingerprint density at radius 3 is 2.16 bits per heavy atom. The molecule has 1 aromatic rings. The van der Waals surface area contributed by atoms with Gasteiger partial charge in [-0.3, -0.25) is 0 Å². The fourth-order valence-electron chi connectivity index (χ4n) is 1.43. The topological polar surface area (TPSA) is 74.2 Å². The van der Waals surface area contributed by atoms with Crippen molar-refractivity contribution in [1.29, 1.82) is 0 Å². The van der Waals surface area contributed by atoms with Gasteiger partial charge in [0.25, 0.3) is 0 Å². The summed E-state index contributed by atoms with van der Waals surface area (Å²) in [7, 11) is 4.52. The zero-order chi connectivity index (χ0) is 14.3. The van der Waals surface area contributed by atoms with Crippen molar-refractivity contribution in [2.45, 2.75) is 0 Å². The number of benzene rings is 1. The van der Waals surface area contributed by atoms with Crippen LogP contribution in [0, 0.1) is 0 Å². The number of methoxy groups -OCH3 is 3. The summed E-state index contributed by atoms with van der Waals surface area (Å²) in [5.41, 5.74) is 0. The maximum atomic E-state index is 10.3. The quantitative estimate of drug-likeness (QED) is 0.759. The molecule has 0 bridgehead atoms. The number of hydrogen-bond donors (Lipinski definition) is 1. The zero-order valence-electron chi connectivity index (χ0n) is 11.0. The second-order valence-corrected chi connectivity index (χ2v) is 3.41. The van der Waals surface area contributed by atoms with Gasteiger partial charge in [-0.1, -0.05) is 0 Å². The highest BCUT2D eigenvalue weighted by Gasteiger charge is 2.13. The van der Waals surface area contributed by atoms with Gasteiger partial charge in [0, 0.05) is 18.2 Å². The van der Waals surface area contributed by atoms with Crippen LogP contribution in [0.5, 0.6) is 23.0 Å². The van der Waals surface area contributed by atoms with E-state index in [1.54, 1.807) is 12.1 Å². The number of carboxylic acids is 1. The predicted octanol–water partition coefficient (Wildman–Crippen LogP) is 1.73.